The van der Waals surface area contributed by atoms with Crippen molar-refractivity contribution < 1.29 is 4.74 Å². The van der Waals surface area contributed by atoms with Crippen LogP contribution in [0.4, 0.5) is 0 Å². The highest BCUT2D eigenvalue weighted by molar-refractivity contribution is 14.0. The maximum Gasteiger partial charge on any atom is 0.189 e. The largest absolute Gasteiger partial charge is 0.493 e. The number of ether oxygens (including phenoxy) is 1. The highest BCUT2D eigenvalue weighted by atomic mass is 127. The van der Waals surface area contributed by atoms with E-state index in [1.54, 1.807) is 0 Å². The van der Waals surface area contributed by atoms with Crippen LogP contribution in [-0.4, -0.2) is 24.1 Å². The van der Waals surface area contributed by atoms with Crippen molar-refractivity contribution in [2.45, 2.75) is 37.1 Å². The van der Waals surface area contributed by atoms with Crippen LogP contribution in [0, 0.1) is 0 Å². The van der Waals surface area contributed by atoms with Crippen LogP contribution in [0.3, 0.4) is 0 Å². The first-order chi connectivity index (χ1) is 12.3. The highest BCUT2D eigenvalue weighted by Crippen LogP contribution is 2.43. The lowest BCUT2D eigenvalue weighted by Gasteiger charge is -2.40. The summed E-state index contributed by atoms with van der Waals surface area (Å²) in [5, 5.41) is 3.37. The van der Waals surface area contributed by atoms with Gasteiger partial charge in [-0.3, -0.25) is 9.98 Å². The maximum absolute atomic E-state index is 6.20. The smallest absolute Gasteiger partial charge is 0.189 e. The molecule has 0 spiro atoms. The minimum atomic E-state index is 0. The third kappa shape index (κ3) is 3.79. The molecule has 1 atom stereocenters. The van der Waals surface area contributed by atoms with Crippen molar-refractivity contribution >= 4 is 29.9 Å². The van der Waals surface area contributed by atoms with Crippen molar-refractivity contribution in [2.24, 2.45) is 10.7 Å². The normalized spacial score (nSPS) is 20.8. The number of aliphatic imine (C=N–C) groups is 1. The van der Waals surface area contributed by atoms with E-state index >= 15 is 0 Å². The number of rotatable bonds is 4. The Balaban J connectivity index is 0.00000196. The van der Waals surface area contributed by atoms with Crippen molar-refractivity contribution in [3.8, 4) is 5.75 Å². The first-order valence-electron chi connectivity index (χ1n) is 8.97. The molecule has 3 N–H and O–H groups in total. The lowest BCUT2D eigenvalue weighted by molar-refractivity contribution is 0.245. The highest BCUT2D eigenvalue weighted by Gasteiger charge is 2.39. The quantitative estimate of drug-likeness (QED) is 0.413. The fourth-order valence-electron chi connectivity index (χ4n) is 3.73. The number of halogens is 1. The average Bonchev–Trinajstić information content (AvgIpc) is 2.62. The minimum absolute atomic E-state index is 0. The Hall–Kier alpha value is -1.83. The molecule has 2 aliphatic rings. The Morgan fingerprint density at radius 1 is 1.23 bits per heavy atom. The van der Waals surface area contributed by atoms with Gasteiger partial charge in [-0.2, -0.15) is 0 Å². The summed E-state index contributed by atoms with van der Waals surface area (Å²) in [7, 11) is 0. The summed E-state index contributed by atoms with van der Waals surface area (Å²) in [5.41, 5.74) is 8.54. The van der Waals surface area contributed by atoms with Gasteiger partial charge in [0.2, 0.25) is 0 Å². The summed E-state index contributed by atoms with van der Waals surface area (Å²) in [6.45, 7) is 1.38. The van der Waals surface area contributed by atoms with Gasteiger partial charge in [-0.15, -0.1) is 24.0 Å². The summed E-state index contributed by atoms with van der Waals surface area (Å²) < 4.78 is 5.70. The zero-order chi connectivity index (χ0) is 17.1. The second kappa shape index (κ2) is 8.24. The van der Waals surface area contributed by atoms with E-state index in [0.29, 0.717) is 19.1 Å². The molecule has 1 aromatic carbocycles. The Morgan fingerprint density at radius 2 is 2.04 bits per heavy atom. The average molecular weight is 464 g/mol. The van der Waals surface area contributed by atoms with E-state index < -0.39 is 0 Å². The van der Waals surface area contributed by atoms with Crippen LogP contribution in [0.1, 0.15) is 43.0 Å². The third-order valence-electron chi connectivity index (χ3n) is 5.35. The molecule has 1 aliphatic carbocycles. The van der Waals surface area contributed by atoms with Gasteiger partial charge >= 0.3 is 0 Å². The fourth-order valence-corrected chi connectivity index (χ4v) is 3.73. The minimum Gasteiger partial charge on any atom is -0.493 e. The molecule has 1 aromatic heterocycles. The van der Waals surface area contributed by atoms with E-state index in [-0.39, 0.29) is 35.4 Å². The van der Waals surface area contributed by atoms with Gasteiger partial charge in [-0.05, 0) is 31.0 Å². The summed E-state index contributed by atoms with van der Waals surface area (Å²) in [6.07, 6.45) is 6.23. The second-order valence-electron chi connectivity index (χ2n) is 6.92. The van der Waals surface area contributed by atoms with E-state index in [2.05, 4.69) is 27.4 Å². The molecule has 1 fully saturated rings. The van der Waals surface area contributed by atoms with Crippen molar-refractivity contribution in [3.05, 3.63) is 59.9 Å². The van der Waals surface area contributed by atoms with Crippen LogP contribution in [0.25, 0.3) is 0 Å². The van der Waals surface area contributed by atoms with Crippen LogP contribution >= 0.6 is 24.0 Å². The van der Waals surface area contributed by atoms with Gasteiger partial charge in [0.1, 0.15) is 5.75 Å². The van der Waals surface area contributed by atoms with Crippen LogP contribution in [-0.2, 0) is 5.41 Å². The molecule has 26 heavy (non-hydrogen) atoms. The number of nitrogens with zero attached hydrogens (tertiary/aromatic N) is 2. The summed E-state index contributed by atoms with van der Waals surface area (Å²) >= 11 is 0. The Bertz CT molecular complexity index is 761. The predicted octanol–water partition coefficient (Wildman–Crippen LogP) is 3.55. The van der Waals surface area contributed by atoms with Gasteiger partial charge in [0.05, 0.1) is 19.2 Å². The maximum atomic E-state index is 6.20. The first kappa shape index (κ1) is 18.9. The van der Waals surface area contributed by atoms with Gasteiger partial charge in [-0.1, -0.05) is 30.7 Å². The number of benzene rings is 1. The molecule has 5 nitrogen and oxygen atoms in total. The van der Waals surface area contributed by atoms with Crippen molar-refractivity contribution in [1.29, 1.82) is 0 Å². The molecule has 0 radical (unpaired) electrons. The number of nitrogens with two attached hydrogens (primary N) is 1. The lowest BCUT2D eigenvalue weighted by atomic mass is 9.66. The molecular formula is C20H25IN4O. The zero-order valence-corrected chi connectivity index (χ0v) is 17.1. The number of pyridine rings is 1. The molecule has 1 unspecified atom stereocenters. The molecule has 4 rings (SSSR count). The summed E-state index contributed by atoms with van der Waals surface area (Å²) in [4.78, 5) is 9.21. The van der Waals surface area contributed by atoms with Gasteiger partial charge in [-0.25, -0.2) is 0 Å². The zero-order valence-electron chi connectivity index (χ0n) is 14.7. The SMILES string of the molecule is I.NC(=NCC1(c2ccccn2)CCC1)NC1CCOc2ccccc21. The molecule has 1 saturated carbocycles. The number of hydrogen-bond donors (Lipinski definition) is 2. The molecule has 0 bridgehead atoms. The molecular weight excluding hydrogens is 439 g/mol. The van der Waals surface area contributed by atoms with E-state index in [4.69, 9.17) is 10.5 Å². The molecule has 0 saturated heterocycles. The molecule has 138 valence electrons. The Kier molecular flexibility index (Phi) is 6.01. The Labute approximate surface area is 171 Å². The number of nitrogens with one attached hydrogen (secondary N) is 1. The van der Waals surface area contributed by atoms with E-state index in [1.165, 1.54) is 6.42 Å². The topological polar surface area (TPSA) is 72.5 Å². The van der Waals surface area contributed by atoms with Crippen molar-refractivity contribution in [2.75, 3.05) is 13.2 Å². The van der Waals surface area contributed by atoms with E-state index in [0.717, 1.165) is 36.3 Å². The second-order valence-corrected chi connectivity index (χ2v) is 6.92. The van der Waals surface area contributed by atoms with Crippen molar-refractivity contribution in [1.82, 2.24) is 10.3 Å². The number of aromatic nitrogens is 1. The van der Waals surface area contributed by atoms with Gasteiger partial charge in [0.15, 0.2) is 5.96 Å². The summed E-state index contributed by atoms with van der Waals surface area (Å²) in [5.74, 6) is 1.44. The summed E-state index contributed by atoms with van der Waals surface area (Å²) in [6, 6.07) is 14.4. The van der Waals surface area contributed by atoms with Crippen molar-refractivity contribution in [3.63, 3.8) is 0 Å². The monoisotopic (exact) mass is 464 g/mol. The number of guanidine groups is 1. The number of para-hydroxylation sites is 1. The molecule has 2 heterocycles. The predicted molar refractivity (Wildman–Crippen MR) is 114 cm³/mol. The van der Waals surface area contributed by atoms with E-state index in [1.807, 2.05) is 36.5 Å². The third-order valence-corrected chi connectivity index (χ3v) is 5.35. The lowest BCUT2D eigenvalue weighted by Crippen LogP contribution is -2.41. The molecule has 0 amide bonds. The van der Waals surface area contributed by atoms with Gasteiger partial charge in [0, 0.05) is 29.3 Å². The first-order valence-corrected chi connectivity index (χ1v) is 8.97. The molecule has 1 aliphatic heterocycles. The van der Waals surface area contributed by atoms with Gasteiger partial charge < -0.3 is 15.8 Å². The standard InChI is InChI=1S/C20H24N4O.HI/c21-19(24-16-9-13-25-17-7-2-1-6-15(16)17)23-14-20(10-5-11-20)18-8-3-4-12-22-18;/h1-4,6-8,12,16H,5,9-11,13-14H2,(H3,21,23,24);1H. The number of hydrogen-bond acceptors (Lipinski definition) is 3. The van der Waals surface area contributed by atoms with Crippen LogP contribution in [0.15, 0.2) is 53.7 Å². The fraction of sp³-hybridized carbons (Fsp3) is 0.400. The number of fused-ring (bicyclic) bond motifs is 1. The van der Waals surface area contributed by atoms with Crippen LogP contribution < -0.4 is 15.8 Å². The molecule has 6 heteroatoms. The van der Waals surface area contributed by atoms with Crippen LogP contribution in [0.5, 0.6) is 5.75 Å². The molecule has 2 aromatic rings. The Morgan fingerprint density at radius 3 is 2.77 bits per heavy atom. The van der Waals surface area contributed by atoms with Crippen LogP contribution in [0.2, 0.25) is 0 Å². The van der Waals surface area contributed by atoms with Gasteiger partial charge in [0.25, 0.3) is 0 Å². The van der Waals surface area contributed by atoms with E-state index in [9.17, 15) is 0 Å².